The van der Waals surface area contributed by atoms with E-state index in [1.165, 1.54) is 4.68 Å². The van der Waals surface area contributed by atoms with Crippen molar-refractivity contribution < 1.29 is 0 Å². The first-order chi connectivity index (χ1) is 12.5. The van der Waals surface area contributed by atoms with Crippen molar-refractivity contribution in [3.8, 4) is 0 Å². The number of para-hydroxylation sites is 2. The Balaban J connectivity index is 1.62. The number of hydrogen-bond acceptors (Lipinski definition) is 3. The molecule has 26 heavy (non-hydrogen) atoms. The summed E-state index contributed by atoms with van der Waals surface area (Å²) in [5, 5.41) is 15.3. The third-order valence-corrected chi connectivity index (χ3v) is 4.43. The molecule has 0 saturated carbocycles. The Morgan fingerprint density at radius 1 is 0.808 bits per heavy atom. The normalized spacial score (nSPS) is 10.2. The number of rotatable bonds is 3. The molecule has 132 valence electrons. The fourth-order valence-corrected chi connectivity index (χ4v) is 2.86. The Hall–Kier alpha value is -2.19. The van der Waals surface area contributed by atoms with E-state index in [0.29, 0.717) is 37.5 Å². The lowest BCUT2D eigenvalue weighted by atomic mass is 10.3. The monoisotopic (exact) mass is 421 g/mol. The molecular formula is C17H13Cl2N5S2. The molecule has 0 spiro atoms. The zero-order valence-corrected chi connectivity index (χ0v) is 16.4. The van der Waals surface area contributed by atoms with E-state index in [9.17, 15) is 0 Å². The molecule has 3 aromatic rings. The van der Waals surface area contributed by atoms with Gasteiger partial charge < -0.3 is 16.0 Å². The van der Waals surface area contributed by atoms with Gasteiger partial charge in [-0.3, -0.25) is 0 Å². The van der Waals surface area contributed by atoms with Gasteiger partial charge in [-0.2, -0.15) is 0 Å². The summed E-state index contributed by atoms with van der Waals surface area (Å²) < 4.78 is 1.51. The molecule has 0 aliphatic rings. The van der Waals surface area contributed by atoms with Gasteiger partial charge in [0.2, 0.25) is 0 Å². The smallest absolute Gasteiger partial charge is 0.198 e. The Morgan fingerprint density at radius 2 is 1.38 bits per heavy atom. The van der Waals surface area contributed by atoms with Crippen LogP contribution in [0.5, 0.6) is 0 Å². The van der Waals surface area contributed by atoms with Crippen LogP contribution in [-0.2, 0) is 0 Å². The van der Waals surface area contributed by atoms with E-state index in [1.807, 2.05) is 36.4 Å². The van der Waals surface area contributed by atoms with Crippen LogP contribution >= 0.6 is 47.6 Å². The molecule has 0 aliphatic heterocycles. The second-order valence-corrected chi connectivity index (χ2v) is 6.72. The molecule has 0 fully saturated rings. The molecule has 0 bridgehead atoms. The average Bonchev–Trinajstić information content (AvgIpc) is 3.07. The maximum atomic E-state index is 6.12. The minimum absolute atomic E-state index is 0.369. The molecule has 3 N–H and O–H groups in total. The highest BCUT2D eigenvalue weighted by atomic mass is 35.5. The topological polar surface area (TPSA) is 53.9 Å². The molecule has 2 aromatic carbocycles. The third kappa shape index (κ3) is 4.70. The van der Waals surface area contributed by atoms with Crippen molar-refractivity contribution in [1.29, 1.82) is 0 Å². The quantitative estimate of drug-likeness (QED) is 0.502. The minimum atomic E-state index is 0.369. The van der Waals surface area contributed by atoms with Crippen LogP contribution in [-0.4, -0.2) is 20.0 Å². The summed E-state index contributed by atoms with van der Waals surface area (Å²) in [6.07, 6.45) is 1.71. The van der Waals surface area contributed by atoms with E-state index in [0.717, 1.165) is 0 Å². The first kappa shape index (κ1) is 18.6. The van der Waals surface area contributed by atoms with Gasteiger partial charge in [-0.25, -0.2) is 4.68 Å². The zero-order valence-electron chi connectivity index (χ0n) is 13.2. The molecule has 9 heteroatoms. The summed E-state index contributed by atoms with van der Waals surface area (Å²) in [6, 6.07) is 16.4. The van der Waals surface area contributed by atoms with Crippen LogP contribution in [0.4, 0.5) is 17.2 Å². The lowest BCUT2D eigenvalue weighted by molar-refractivity contribution is 0.952. The SMILES string of the molecule is S=C(Nc1ccn(C(=S)Nc2ccccc2Cl)n1)Nc1ccccc1Cl. The van der Waals surface area contributed by atoms with Crippen LogP contribution in [0.1, 0.15) is 0 Å². The van der Waals surface area contributed by atoms with Gasteiger partial charge >= 0.3 is 0 Å². The Kier molecular flexibility index (Phi) is 6.05. The van der Waals surface area contributed by atoms with E-state index in [4.69, 9.17) is 47.6 Å². The molecule has 0 aliphatic carbocycles. The van der Waals surface area contributed by atoms with Crippen molar-refractivity contribution in [1.82, 2.24) is 9.78 Å². The molecule has 0 saturated heterocycles. The highest BCUT2D eigenvalue weighted by Crippen LogP contribution is 2.21. The second kappa shape index (κ2) is 8.46. The molecule has 5 nitrogen and oxygen atoms in total. The van der Waals surface area contributed by atoms with Gasteiger partial charge in [0.15, 0.2) is 16.0 Å². The predicted octanol–water partition coefficient (Wildman–Crippen LogP) is 5.24. The standard InChI is InChI=1S/C17H13Cl2N5S2/c18-11-5-1-3-7-13(11)20-16(25)22-15-9-10-24(23-15)17(26)21-14-8-4-2-6-12(14)19/h1-10H,(H,21,26)(H2,20,22,23,25). The molecule has 3 rings (SSSR count). The fraction of sp³-hybridized carbons (Fsp3) is 0. The molecule has 1 heterocycles. The van der Waals surface area contributed by atoms with E-state index in [-0.39, 0.29) is 0 Å². The second-order valence-electron chi connectivity index (χ2n) is 5.11. The first-order valence-electron chi connectivity index (χ1n) is 7.47. The van der Waals surface area contributed by atoms with Crippen molar-refractivity contribution in [3.05, 3.63) is 70.8 Å². The van der Waals surface area contributed by atoms with Crippen LogP contribution in [0.15, 0.2) is 60.8 Å². The summed E-state index contributed by atoms with van der Waals surface area (Å²) in [5.74, 6) is 0.540. The Labute approximate surface area is 171 Å². The highest BCUT2D eigenvalue weighted by molar-refractivity contribution is 7.81. The summed E-state index contributed by atoms with van der Waals surface area (Å²) in [7, 11) is 0. The molecule has 0 amide bonds. The number of halogens is 2. The number of anilines is 3. The fourth-order valence-electron chi connectivity index (χ4n) is 2.07. The molecule has 1 aromatic heterocycles. The number of hydrogen-bond donors (Lipinski definition) is 3. The van der Waals surface area contributed by atoms with Gasteiger partial charge in [-0.15, -0.1) is 5.10 Å². The Bertz CT molecular complexity index is 958. The lowest BCUT2D eigenvalue weighted by Crippen LogP contribution is -2.22. The van der Waals surface area contributed by atoms with Crippen molar-refractivity contribution >= 4 is 75.1 Å². The van der Waals surface area contributed by atoms with Gasteiger partial charge in [0.1, 0.15) is 0 Å². The van der Waals surface area contributed by atoms with Crippen LogP contribution in [0.2, 0.25) is 10.0 Å². The summed E-state index contributed by atoms with van der Waals surface area (Å²) in [6.45, 7) is 0. The van der Waals surface area contributed by atoms with Gasteiger partial charge in [-0.05, 0) is 48.7 Å². The predicted molar refractivity (Wildman–Crippen MR) is 117 cm³/mol. The number of thiocarbonyl (C=S) groups is 2. The molecule has 0 unspecified atom stereocenters. The van der Waals surface area contributed by atoms with Crippen LogP contribution < -0.4 is 16.0 Å². The van der Waals surface area contributed by atoms with E-state index < -0.39 is 0 Å². The minimum Gasteiger partial charge on any atom is -0.331 e. The maximum Gasteiger partial charge on any atom is 0.198 e. The van der Waals surface area contributed by atoms with Crippen LogP contribution in [0, 0.1) is 0 Å². The maximum absolute atomic E-state index is 6.12. The summed E-state index contributed by atoms with van der Waals surface area (Å²) in [5.41, 5.74) is 1.42. The lowest BCUT2D eigenvalue weighted by Gasteiger charge is -2.10. The average molecular weight is 422 g/mol. The van der Waals surface area contributed by atoms with Gasteiger partial charge in [0.25, 0.3) is 0 Å². The van der Waals surface area contributed by atoms with Crippen LogP contribution in [0.25, 0.3) is 0 Å². The third-order valence-electron chi connectivity index (χ3n) is 3.28. The first-order valence-corrected chi connectivity index (χ1v) is 9.04. The van der Waals surface area contributed by atoms with Crippen molar-refractivity contribution in [2.75, 3.05) is 16.0 Å². The number of benzene rings is 2. The number of nitrogens with one attached hydrogen (secondary N) is 3. The van der Waals surface area contributed by atoms with Crippen molar-refractivity contribution in [2.45, 2.75) is 0 Å². The largest absolute Gasteiger partial charge is 0.331 e. The highest BCUT2D eigenvalue weighted by Gasteiger charge is 2.08. The van der Waals surface area contributed by atoms with E-state index >= 15 is 0 Å². The van der Waals surface area contributed by atoms with Gasteiger partial charge in [0.05, 0.1) is 21.4 Å². The van der Waals surface area contributed by atoms with Gasteiger partial charge in [0, 0.05) is 12.3 Å². The summed E-state index contributed by atoms with van der Waals surface area (Å²) >= 11 is 22.8. The number of aromatic nitrogens is 2. The number of nitrogens with zero attached hydrogens (tertiary/aromatic N) is 2. The van der Waals surface area contributed by atoms with E-state index in [2.05, 4.69) is 21.0 Å². The van der Waals surface area contributed by atoms with Crippen LogP contribution in [0.3, 0.4) is 0 Å². The Morgan fingerprint density at radius 3 is 2.00 bits per heavy atom. The zero-order chi connectivity index (χ0) is 18.5. The van der Waals surface area contributed by atoms with E-state index in [1.54, 1.807) is 24.4 Å². The molecular weight excluding hydrogens is 409 g/mol. The van der Waals surface area contributed by atoms with Crippen molar-refractivity contribution in [3.63, 3.8) is 0 Å². The summed E-state index contributed by atoms with van der Waals surface area (Å²) in [4.78, 5) is 0. The van der Waals surface area contributed by atoms with Gasteiger partial charge in [-0.1, -0.05) is 47.5 Å². The molecule has 0 atom stereocenters. The molecule has 0 radical (unpaired) electrons. The van der Waals surface area contributed by atoms with Crippen molar-refractivity contribution in [2.24, 2.45) is 0 Å².